The van der Waals surface area contributed by atoms with Crippen LogP contribution in [0.2, 0.25) is 0 Å². The van der Waals surface area contributed by atoms with Crippen LogP contribution in [-0.2, 0) is 6.42 Å². The topological polar surface area (TPSA) is 58.9 Å². The normalized spacial score (nSPS) is 20.1. The third kappa shape index (κ3) is 2.69. The van der Waals surface area contributed by atoms with E-state index in [0.717, 1.165) is 16.7 Å². The van der Waals surface area contributed by atoms with Crippen molar-refractivity contribution in [1.29, 1.82) is 0 Å². The number of phenols is 2. The maximum absolute atomic E-state index is 10.1. The van der Waals surface area contributed by atoms with Gasteiger partial charge in [-0.2, -0.15) is 0 Å². The highest BCUT2D eigenvalue weighted by Gasteiger charge is 2.30. The van der Waals surface area contributed by atoms with E-state index in [9.17, 15) is 10.2 Å². The second-order valence-electron chi connectivity index (χ2n) is 5.76. The van der Waals surface area contributed by atoms with Gasteiger partial charge in [0.15, 0.2) is 23.0 Å². The molecular weight excluding hydrogens is 395 g/mol. The summed E-state index contributed by atoms with van der Waals surface area (Å²) in [4.78, 5) is 0. The van der Waals surface area contributed by atoms with Crippen molar-refractivity contribution in [1.82, 2.24) is 0 Å². The summed E-state index contributed by atoms with van der Waals surface area (Å²) in [6, 6.07) is 8.99. The number of hydrogen-bond acceptors (Lipinski definition) is 4. The van der Waals surface area contributed by atoms with Crippen LogP contribution in [0.4, 0.5) is 0 Å². The molecule has 3 rings (SSSR count). The number of phenolic OH excluding ortho intramolecular Hbond substituents is 2. The van der Waals surface area contributed by atoms with Gasteiger partial charge in [0.25, 0.3) is 0 Å². The van der Waals surface area contributed by atoms with Crippen LogP contribution in [0.15, 0.2) is 30.3 Å². The summed E-state index contributed by atoms with van der Waals surface area (Å²) in [5, 5.41) is 20.0. The van der Waals surface area contributed by atoms with Crippen molar-refractivity contribution in [2.45, 2.75) is 26.4 Å². The van der Waals surface area contributed by atoms with Crippen LogP contribution in [0.1, 0.15) is 29.7 Å². The average Bonchev–Trinajstić information content (AvgIpc) is 2.50. The second kappa shape index (κ2) is 5.87. The molecule has 0 aliphatic carbocycles. The highest BCUT2D eigenvalue weighted by molar-refractivity contribution is 14.1. The van der Waals surface area contributed by atoms with Gasteiger partial charge in [-0.3, -0.25) is 0 Å². The third-order valence-electron chi connectivity index (χ3n) is 4.11. The predicted molar refractivity (Wildman–Crippen MR) is 91.8 cm³/mol. The van der Waals surface area contributed by atoms with Gasteiger partial charge in [0.05, 0.1) is 0 Å². The molecule has 116 valence electrons. The van der Waals surface area contributed by atoms with E-state index in [4.69, 9.17) is 7.80 Å². The largest absolute Gasteiger partial charge is 0.508 e. The van der Waals surface area contributed by atoms with E-state index in [1.54, 1.807) is 41.2 Å². The van der Waals surface area contributed by atoms with E-state index >= 15 is 0 Å². The van der Waals surface area contributed by atoms with Crippen molar-refractivity contribution < 1.29 is 18.0 Å². The number of hydrogen-bond donors (Lipinski definition) is 2. The molecule has 2 atom stereocenters. The minimum Gasteiger partial charge on any atom is -0.508 e. The number of aromatic hydroxyl groups is 2. The highest BCUT2D eigenvalue weighted by atomic mass is 127. The van der Waals surface area contributed by atoms with E-state index in [1.807, 2.05) is 19.1 Å². The Morgan fingerprint density at radius 2 is 1.95 bits per heavy atom. The smallest absolute Gasteiger partial charge is 0.192 e. The van der Waals surface area contributed by atoms with Crippen LogP contribution in [0.3, 0.4) is 0 Å². The van der Waals surface area contributed by atoms with Crippen molar-refractivity contribution in [3.63, 3.8) is 0 Å². The first-order chi connectivity index (χ1) is 10.5. The molecule has 5 heteroatoms. The van der Waals surface area contributed by atoms with E-state index in [-0.39, 0.29) is 23.5 Å². The third-order valence-corrected chi connectivity index (χ3v) is 4.62. The van der Waals surface area contributed by atoms with E-state index in [0.29, 0.717) is 17.9 Å². The van der Waals surface area contributed by atoms with Crippen molar-refractivity contribution in [3.8, 4) is 23.0 Å². The minimum atomic E-state index is -0.164. The molecule has 2 N–H and O–H groups in total. The zero-order valence-corrected chi connectivity index (χ0v) is 14.5. The SMILES string of the molecule is Cc1ccc([C@H]2Oc3cc(OI)cc(O)c3CC2C)cc1O. The van der Waals surface area contributed by atoms with Crippen LogP contribution in [0, 0.1) is 12.8 Å². The molecule has 0 saturated carbocycles. The van der Waals surface area contributed by atoms with Gasteiger partial charge in [-0.1, -0.05) is 19.1 Å². The molecule has 0 amide bonds. The van der Waals surface area contributed by atoms with Crippen LogP contribution in [0.25, 0.3) is 0 Å². The van der Waals surface area contributed by atoms with Gasteiger partial charge in [-0.25, -0.2) is 0 Å². The molecule has 0 radical (unpaired) electrons. The molecule has 1 heterocycles. The number of rotatable bonds is 2. The lowest BCUT2D eigenvalue weighted by Crippen LogP contribution is -2.23. The van der Waals surface area contributed by atoms with Crippen molar-refractivity contribution >= 4 is 23.0 Å². The van der Waals surface area contributed by atoms with Crippen molar-refractivity contribution in [2.75, 3.05) is 0 Å². The average molecular weight is 412 g/mol. The number of benzene rings is 2. The molecule has 4 nitrogen and oxygen atoms in total. The minimum absolute atomic E-state index is 0.164. The van der Waals surface area contributed by atoms with E-state index < -0.39 is 0 Å². The van der Waals surface area contributed by atoms with Crippen molar-refractivity contribution in [3.05, 3.63) is 47.0 Å². The summed E-state index contributed by atoms with van der Waals surface area (Å²) < 4.78 is 11.2. The molecule has 22 heavy (non-hydrogen) atoms. The molecular formula is C17H17IO4. The Hall–Kier alpha value is -1.63. The van der Waals surface area contributed by atoms with Gasteiger partial charge >= 0.3 is 0 Å². The Morgan fingerprint density at radius 1 is 1.18 bits per heavy atom. The van der Waals surface area contributed by atoms with Gasteiger partial charge in [0, 0.05) is 23.6 Å². The van der Waals surface area contributed by atoms with E-state index in [1.165, 1.54) is 0 Å². The van der Waals surface area contributed by atoms with Gasteiger partial charge in [0.1, 0.15) is 29.1 Å². The lowest BCUT2D eigenvalue weighted by atomic mass is 9.87. The summed E-state index contributed by atoms with van der Waals surface area (Å²) >= 11 is 1.77. The molecule has 1 aliphatic rings. The molecule has 0 aromatic heterocycles. The summed E-state index contributed by atoms with van der Waals surface area (Å²) in [6.07, 6.45) is 0.546. The summed E-state index contributed by atoms with van der Waals surface area (Å²) in [7, 11) is 0. The Morgan fingerprint density at radius 3 is 2.64 bits per heavy atom. The summed E-state index contributed by atoms with van der Waals surface area (Å²) in [5.41, 5.74) is 2.57. The lowest BCUT2D eigenvalue weighted by molar-refractivity contribution is 0.121. The fourth-order valence-corrected chi connectivity index (χ4v) is 3.10. The maximum atomic E-state index is 10.1. The quantitative estimate of drug-likeness (QED) is 0.716. The fraction of sp³-hybridized carbons (Fsp3) is 0.294. The molecule has 1 aliphatic heterocycles. The Kier molecular flexibility index (Phi) is 4.08. The Labute approximate surface area is 143 Å². The first-order valence-corrected chi connectivity index (χ1v) is 7.98. The predicted octanol–water partition coefficient (Wildman–Crippen LogP) is 4.45. The highest BCUT2D eigenvalue weighted by Crippen LogP contribution is 2.44. The summed E-state index contributed by atoms with van der Waals surface area (Å²) in [5.74, 6) is 1.84. The lowest BCUT2D eigenvalue weighted by Gasteiger charge is -2.32. The van der Waals surface area contributed by atoms with Crippen molar-refractivity contribution in [2.24, 2.45) is 5.92 Å². The second-order valence-corrected chi connectivity index (χ2v) is 6.20. The van der Waals surface area contributed by atoms with E-state index in [2.05, 4.69) is 6.92 Å². The summed E-state index contributed by atoms with van der Waals surface area (Å²) in [6.45, 7) is 3.94. The molecule has 0 saturated heterocycles. The number of halogens is 1. The number of aryl methyl sites for hydroxylation is 1. The van der Waals surface area contributed by atoms with Gasteiger partial charge in [-0.05, 0) is 30.5 Å². The maximum Gasteiger partial charge on any atom is 0.192 e. The number of ether oxygens (including phenoxy) is 1. The van der Waals surface area contributed by atoms with Crippen LogP contribution in [-0.4, -0.2) is 10.2 Å². The van der Waals surface area contributed by atoms with Crippen LogP contribution < -0.4 is 7.80 Å². The fourth-order valence-electron chi connectivity index (χ4n) is 2.84. The molecule has 0 spiro atoms. The molecule has 0 fully saturated rings. The van der Waals surface area contributed by atoms with Gasteiger partial charge in [0.2, 0.25) is 0 Å². The first-order valence-electron chi connectivity index (χ1n) is 7.10. The molecule has 2 aromatic carbocycles. The zero-order chi connectivity index (χ0) is 15.9. The Balaban J connectivity index is 1.99. The van der Waals surface area contributed by atoms with Gasteiger partial charge in [-0.15, -0.1) is 0 Å². The first kappa shape index (κ1) is 15.3. The standard InChI is InChI=1S/C17H17IO4/c1-9-3-4-11(6-14(9)19)17-10(2)5-13-15(20)7-12(22-18)8-16(13)21-17/h3-4,6-8,10,17,19-20H,5H2,1-2H3/t10?,17-/m0/s1. The van der Waals surface area contributed by atoms with Crippen LogP contribution in [0.5, 0.6) is 23.0 Å². The zero-order valence-electron chi connectivity index (χ0n) is 12.3. The molecule has 2 aromatic rings. The Bertz CT molecular complexity index is 714. The molecule has 1 unspecified atom stereocenters. The monoisotopic (exact) mass is 412 g/mol. The van der Waals surface area contributed by atoms with Gasteiger partial charge < -0.3 is 18.0 Å². The number of fused-ring (bicyclic) bond motifs is 1. The van der Waals surface area contributed by atoms with Crippen LogP contribution >= 0.6 is 23.0 Å². The molecule has 0 bridgehead atoms.